The van der Waals surface area contributed by atoms with Gasteiger partial charge in [-0.05, 0) is 81.1 Å². The zero-order valence-electron chi connectivity index (χ0n) is 27.0. The number of nitrogens with one attached hydrogen (secondary N) is 1. The molecule has 10 heteroatoms. The smallest absolute Gasteiger partial charge is 0.405 e. The van der Waals surface area contributed by atoms with Crippen LogP contribution in [-0.4, -0.2) is 94.8 Å². The monoisotopic (exact) mass is 641 g/mol. The molecule has 2 saturated heterocycles. The van der Waals surface area contributed by atoms with Crippen LogP contribution in [0.25, 0.3) is 16.6 Å². The summed E-state index contributed by atoms with van der Waals surface area (Å²) in [6, 6.07) is 23.0. The van der Waals surface area contributed by atoms with Crippen molar-refractivity contribution in [2.45, 2.75) is 38.8 Å². The topological polar surface area (TPSA) is 90.3 Å². The van der Waals surface area contributed by atoms with Crippen LogP contribution in [-0.2, 0) is 17.8 Å². The lowest BCUT2D eigenvalue weighted by Gasteiger charge is -2.40. The molecular formula is C37H44FN5O4. The highest BCUT2D eigenvalue weighted by atomic mass is 19.1. The highest BCUT2D eigenvalue weighted by Crippen LogP contribution is 2.28. The average Bonchev–Trinajstić information content (AvgIpc) is 3.47. The molecule has 0 spiro atoms. The number of ether oxygens (including phenoxy) is 1. The number of halogens is 1. The molecule has 0 aliphatic carbocycles. The number of aromatic nitrogens is 1. The molecule has 2 N–H and O–H groups in total. The number of likely N-dealkylation sites (tertiary alicyclic amines) is 1. The van der Waals surface area contributed by atoms with E-state index in [-0.39, 0.29) is 17.6 Å². The normalized spacial score (nSPS) is 17.1. The third-order valence-electron chi connectivity index (χ3n) is 9.62. The highest BCUT2D eigenvalue weighted by molar-refractivity contribution is 5.86. The van der Waals surface area contributed by atoms with Gasteiger partial charge in [0.2, 0.25) is 5.91 Å². The van der Waals surface area contributed by atoms with Crippen LogP contribution in [0.4, 0.5) is 9.18 Å². The van der Waals surface area contributed by atoms with Crippen molar-refractivity contribution in [3.63, 3.8) is 0 Å². The van der Waals surface area contributed by atoms with Gasteiger partial charge < -0.3 is 29.5 Å². The van der Waals surface area contributed by atoms with E-state index >= 15 is 0 Å². The van der Waals surface area contributed by atoms with Gasteiger partial charge >= 0.3 is 6.09 Å². The number of rotatable bonds is 11. The van der Waals surface area contributed by atoms with Gasteiger partial charge in [-0.1, -0.05) is 42.5 Å². The second-order valence-electron chi connectivity index (χ2n) is 12.5. The molecule has 3 heterocycles. The summed E-state index contributed by atoms with van der Waals surface area (Å²) in [7, 11) is 0. The number of piperazine rings is 1. The van der Waals surface area contributed by atoms with Crippen LogP contribution < -0.4 is 10.1 Å². The molecule has 3 aromatic carbocycles. The Morgan fingerprint density at radius 1 is 0.915 bits per heavy atom. The minimum atomic E-state index is -1.18. The highest BCUT2D eigenvalue weighted by Gasteiger charge is 2.36. The summed E-state index contributed by atoms with van der Waals surface area (Å²) in [6.45, 7) is 7.32. The first-order valence-corrected chi connectivity index (χ1v) is 16.7. The summed E-state index contributed by atoms with van der Waals surface area (Å²) in [5.74, 6) is 0.00706. The van der Waals surface area contributed by atoms with Crippen molar-refractivity contribution in [2.24, 2.45) is 5.92 Å². The van der Waals surface area contributed by atoms with E-state index in [1.807, 2.05) is 13.0 Å². The van der Waals surface area contributed by atoms with Gasteiger partial charge in [0.25, 0.3) is 0 Å². The molecule has 6 rings (SSSR count). The van der Waals surface area contributed by atoms with E-state index < -0.39 is 12.1 Å². The quantitative estimate of drug-likeness (QED) is 0.228. The molecule has 2 fully saturated rings. The Bertz CT molecular complexity index is 1660. The van der Waals surface area contributed by atoms with E-state index in [1.165, 1.54) is 22.5 Å². The third-order valence-corrected chi connectivity index (χ3v) is 9.62. The molecule has 0 saturated carbocycles. The molecule has 0 bridgehead atoms. The van der Waals surface area contributed by atoms with E-state index in [9.17, 15) is 19.1 Å². The molecule has 1 aromatic heterocycles. The van der Waals surface area contributed by atoms with Crippen LogP contribution in [0.2, 0.25) is 0 Å². The SMILES string of the molecule is CCOc1cccc(F)c1CN1CCN(C(=O)[C@H](NC(=O)O)C2CCN(CCc3cn(-c4ccccc4)c4ccccc34)CC2)CC1. The predicted octanol–water partition coefficient (Wildman–Crippen LogP) is 5.40. The molecular weight excluding hydrogens is 597 g/mol. The van der Waals surface area contributed by atoms with Crippen molar-refractivity contribution in [1.82, 2.24) is 24.6 Å². The number of fused-ring (bicyclic) bond motifs is 1. The minimum absolute atomic E-state index is 0.0694. The first-order valence-electron chi connectivity index (χ1n) is 16.7. The Hall–Kier alpha value is -4.41. The summed E-state index contributed by atoms with van der Waals surface area (Å²) in [4.78, 5) is 31.8. The lowest BCUT2D eigenvalue weighted by Crippen LogP contribution is -2.58. The van der Waals surface area contributed by atoms with Gasteiger partial charge in [-0.3, -0.25) is 9.69 Å². The number of carbonyl (C=O) groups is 2. The predicted molar refractivity (Wildman–Crippen MR) is 181 cm³/mol. The summed E-state index contributed by atoms with van der Waals surface area (Å²) < 4.78 is 22.5. The molecule has 248 valence electrons. The first kappa shape index (κ1) is 32.5. The maximum Gasteiger partial charge on any atom is 0.405 e. The lowest BCUT2D eigenvalue weighted by molar-refractivity contribution is -0.137. The second kappa shape index (κ2) is 15.0. The van der Waals surface area contributed by atoms with Crippen LogP contribution in [0.15, 0.2) is 79.0 Å². The number of carbonyl (C=O) groups excluding carboxylic acids is 1. The van der Waals surface area contributed by atoms with E-state index in [0.717, 1.165) is 44.6 Å². The van der Waals surface area contributed by atoms with Crippen molar-refractivity contribution < 1.29 is 23.8 Å². The Morgan fingerprint density at radius 3 is 2.36 bits per heavy atom. The number of carboxylic acid groups (broad SMARTS) is 1. The summed E-state index contributed by atoms with van der Waals surface area (Å²) in [5, 5.41) is 13.5. The summed E-state index contributed by atoms with van der Waals surface area (Å²) in [5.41, 5.74) is 4.15. The fourth-order valence-electron chi connectivity index (χ4n) is 7.08. The standard InChI is InChI=1S/C37H44FN5O4/c1-2-47-34-14-8-12-32(38)31(34)26-41-21-23-42(24-22-41)36(44)35(39-37(45)46)27-15-18-40(19-16-27)20-17-28-25-43(29-9-4-3-5-10-29)33-13-7-6-11-30(28)33/h3-14,25,27,35,39H,2,15-24,26H2,1H3,(H,45,46)/t35-/m1/s1. The Labute approximate surface area is 275 Å². The van der Waals surface area contributed by atoms with Crippen molar-refractivity contribution in [3.8, 4) is 11.4 Å². The first-order chi connectivity index (χ1) is 22.9. The third kappa shape index (κ3) is 7.60. The van der Waals surface area contributed by atoms with Gasteiger partial charge in [0.1, 0.15) is 17.6 Å². The lowest BCUT2D eigenvalue weighted by atomic mass is 9.88. The van der Waals surface area contributed by atoms with Gasteiger partial charge in [0.05, 0.1) is 12.1 Å². The van der Waals surface area contributed by atoms with Crippen molar-refractivity contribution in [2.75, 3.05) is 52.4 Å². The molecule has 2 aliphatic heterocycles. The zero-order valence-corrected chi connectivity index (χ0v) is 27.0. The van der Waals surface area contributed by atoms with Crippen LogP contribution in [0, 0.1) is 11.7 Å². The number of nitrogens with zero attached hydrogens (tertiary/aromatic N) is 4. The van der Waals surface area contributed by atoms with Crippen LogP contribution >= 0.6 is 0 Å². The number of amides is 2. The number of hydrogen-bond acceptors (Lipinski definition) is 5. The van der Waals surface area contributed by atoms with E-state index in [4.69, 9.17) is 4.74 Å². The molecule has 0 unspecified atom stereocenters. The number of para-hydroxylation sites is 2. The van der Waals surface area contributed by atoms with Gasteiger partial charge in [0.15, 0.2) is 0 Å². The Balaban J connectivity index is 1.03. The van der Waals surface area contributed by atoms with Crippen molar-refractivity contribution >= 4 is 22.9 Å². The van der Waals surface area contributed by atoms with Gasteiger partial charge in [-0.25, -0.2) is 9.18 Å². The largest absolute Gasteiger partial charge is 0.493 e. The molecule has 2 amide bonds. The molecule has 47 heavy (non-hydrogen) atoms. The minimum Gasteiger partial charge on any atom is -0.493 e. The number of hydrogen-bond donors (Lipinski definition) is 2. The van der Waals surface area contributed by atoms with Crippen molar-refractivity contribution in [3.05, 3.63) is 95.9 Å². The fourth-order valence-corrected chi connectivity index (χ4v) is 7.08. The van der Waals surface area contributed by atoms with Crippen LogP contribution in [0.1, 0.15) is 30.9 Å². The maximum absolute atomic E-state index is 14.6. The van der Waals surface area contributed by atoms with Crippen LogP contribution in [0.3, 0.4) is 0 Å². The van der Waals surface area contributed by atoms with E-state index in [0.29, 0.717) is 50.6 Å². The van der Waals surface area contributed by atoms with Crippen LogP contribution in [0.5, 0.6) is 5.75 Å². The molecule has 9 nitrogen and oxygen atoms in total. The Morgan fingerprint density at radius 2 is 1.64 bits per heavy atom. The maximum atomic E-state index is 14.6. The number of piperidine rings is 1. The number of benzene rings is 3. The molecule has 2 aliphatic rings. The van der Waals surface area contributed by atoms with E-state index in [2.05, 4.69) is 74.4 Å². The molecule has 0 radical (unpaired) electrons. The zero-order chi connectivity index (χ0) is 32.8. The summed E-state index contributed by atoms with van der Waals surface area (Å²) in [6.07, 6.45) is 3.46. The van der Waals surface area contributed by atoms with E-state index in [1.54, 1.807) is 17.0 Å². The fraction of sp³-hybridized carbons (Fsp3) is 0.405. The van der Waals surface area contributed by atoms with Gasteiger partial charge in [-0.2, -0.15) is 0 Å². The van der Waals surface area contributed by atoms with Gasteiger partial charge in [0, 0.05) is 62.1 Å². The Kier molecular flexibility index (Phi) is 10.4. The van der Waals surface area contributed by atoms with Crippen molar-refractivity contribution in [1.29, 1.82) is 0 Å². The van der Waals surface area contributed by atoms with Gasteiger partial charge in [-0.15, -0.1) is 0 Å². The average molecular weight is 642 g/mol. The second-order valence-corrected chi connectivity index (χ2v) is 12.5. The molecule has 1 atom stereocenters. The molecule has 4 aromatic rings. The summed E-state index contributed by atoms with van der Waals surface area (Å²) >= 11 is 0.